The van der Waals surface area contributed by atoms with Crippen LogP contribution in [0, 0.1) is 5.82 Å². The second-order valence-electron chi connectivity index (χ2n) is 3.54. The molecular formula is C12H10Cl2FNO. The Morgan fingerprint density at radius 3 is 2.53 bits per heavy atom. The molecule has 0 bridgehead atoms. The maximum absolute atomic E-state index is 13.8. The van der Waals surface area contributed by atoms with E-state index in [1.807, 2.05) is 0 Å². The summed E-state index contributed by atoms with van der Waals surface area (Å²) in [7, 11) is 1.72. The Hall–Kier alpha value is -1.03. The van der Waals surface area contributed by atoms with Crippen molar-refractivity contribution in [2.24, 2.45) is 0 Å². The molecule has 0 saturated heterocycles. The van der Waals surface area contributed by atoms with Crippen molar-refractivity contribution < 1.29 is 8.81 Å². The van der Waals surface area contributed by atoms with Gasteiger partial charge in [-0.05, 0) is 36.8 Å². The monoisotopic (exact) mass is 273 g/mol. The Morgan fingerprint density at radius 2 is 2.00 bits per heavy atom. The molecule has 1 heterocycles. The average molecular weight is 274 g/mol. The fourth-order valence-corrected chi connectivity index (χ4v) is 2.11. The van der Waals surface area contributed by atoms with E-state index in [9.17, 15) is 4.39 Å². The highest BCUT2D eigenvalue weighted by atomic mass is 35.5. The molecule has 5 heteroatoms. The summed E-state index contributed by atoms with van der Waals surface area (Å²) < 4.78 is 18.8. The van der Waals surface area contributed by atoms with Gasteiger partial charge in [-0.25, -0.2) is 4.39 Å². The number of hydrogen-bond acceptors (Lipinski definition) is 2. The van der Waals surface area contributed by atoms with Crippen LogP contribution in [0.25, 0.3) is 0 Å². The van der Waals surface area contributed by atoms with Gasteiger partial charge < -0.3 is 9.73 Å². The number of nitrogens with one attached hydrogen (secondary N) is 1. The highest BCUT2D eigenvalue weighted by Crippen LogP contribution is 2.31. The van der Waals surface area contributed by atoms with Crippen molar-refractivity contribution in [3.8, 4) is 0 Å². The molecule has 2 nitrogen and oxygen atoms in total. The van der Waals surface area contributed by atoms with Gasteiger partial charge >= 0.3 is 0 Å². The molecule has 0 aliphatic heterocycles. The number of rotatable bonds is 3. The van der Waals surface area contributed by atoms with E-state index in [0.29, 0.717) is 16.1 Å². The lowest BCUT2D eigenvalue weighted by Crippen LogP contribution is -2.18. The number of furan rings is 1. The molecule has 2 aromatic rings. The second-order valence-corrected chi connectivity index (χ2v) is 4.32. The Bertz CT molecular complexity index is 527. The summed E-state index contributed by atoms with van der Waals surface area (Å²) in [5, 5.41) is 3.60. The van der Waals surface area contributed by atoms with Crippen molar-refractivity contribution >= 4 is 23.2 Å². The molecule has 0 fully saturated rings. The SMILES string of the molecule is CNC(c1ccc(Cl)cc1F)c1ccoc1Cl. The summed E-state index contributed by atoms with van der Waals surface area (Å²) in [6.07, 6.45) is 1.47. The molecule has 0 saturated carbocycles. The van der Waals surface area contributed by atoms with Crippen LogP contribution >= 0.6 is 23.2 Å². The lowest BCUT2D eigenvalue weighted by atomic mass is 10.0. The molecular weight excluding hydrogens is 264 g/mol. The molecule has 17 heavy (non-hydrogen) atoms. The number of benzene rings is 1. The van der Waals surface area contributed by atoms with Crippen molar-refractivity contribution in [2.75, 3.05) is 7.05 Å². The molecule has 1 aromatic heterocycles. The third-order valence-electron chi connectivity index (χ3n) is 2.52. The number of halogens is 3. The topological polar surface area (TPSA) is 25.2 Å². The molecule has 1 unspecified atom stereocenters. The molecule has 90 valence electrons. The lowest BCUT2D eigenvalue weighted by Gasteiger charge is -2.16. The van der Waals surface area contributed by atoms with Crippen LogP contribution in [0.15, 0.2) is 34.9 Å². The Kier molecular flexibility index (Phi) is 3.72. The first-order valence-corrected chi connectivity index (χ1v) is 5.74. The molecule has 0 spiro atoms. The van der Waals surface area contributed by atoms with E-state index >= 15 is 0 Å². The lowest BCUT2D eigenvalue weighted by molar-refractivity contribution is 0.550. The minimum Gasteiger partial charge on any atom is -0.453 e. The van der Waals surface area contributed by atoms with Crippen LogP contribution in [0.2, 0.25) is 10.2 Å². The first-order chi connectivity index (χ1) is 8.13. The third kappa shape index (κ3) is 2.46. The van der Waals surface area contributed by atoms with E-state index in [1.165, 1.54) is 12.3 Å². The van der Waals surface area contributed by atoms with Gasteiger partial charge in [0, 0.05) is 16.1 Å². The molecule has 0 amide bonds. The van der Waals surface area contributed by atoms with Gasteiger partial charge in [-0.3, -0.25) is 0 Å². The number of hydrogen-bond donors (Lipinski definition) is 1. The van der Waals surface area contributed by atoms with Gasteiger partial charge in [-0.1, -0.05) is 17.7 Å². The van der Waals surface area contributed by atoms with Crippen LogP contribution in [-0.4, -0.2) is 7.05 Å². The highest BCUT2D eigenvalue weighted by molar-refractivity contribution is 6.30. The quantitative estimate of drug-likeness (QED) is 0.913. The van der Waals surface area contributed by atoms with Gasteiger partial charge in [0.25, 0.3) is 0 Å². The first kappa shape index (κ1) is 12.4. The summed E-state index contributed by atoms with van der Waals surface area (Å²) in [5.41, 5.74) is 1.16. The summed E-state index contributed by atoms with van der Waals surface area (Å²) in [6.45, 7) is 0. The predicted octanol–water partition coefficient (Wildman–Crippen LogP) is 4.03. The van der Waals surface area contributed by atoms with Gasteiger partial charge in [0.1, 0.15) is 5.82 Å². The molecule has 1 aromatic carbocycles. The van der Waals surface area contributed by atoms with Crippen molar-refractivity contribution in [1.82, 2.24) is 5.32 Å². The first-order valence-electron chi connectivity index (χ1n) is 4.98. The smallest absolute Gasteiger partial charge is 0.198 e. The van der Waals surface area contributed by atoms with E-state index in [4.69, 9.17) is 27.6 Å². The summed E-state index contributed by atoms with van der Waals surface area (Å²) >= 11 is 11.6. The van der Waals surface area contributed by atoms with Crippen molar-refractivity contribution in [2.45, 2.75) is 6.04 Å². The maximum atomic E-state index is 13.8. The second kappa shape index (κ2) is 5.08. The molecule has 1 atom stereocenters. The molecule has 0 radical (unpaired) electrons. The Morgan fingerprint density at radius 1 is 1.24 bits per heavy atom. The standard InChI is InChI=1S/C12H10Cl2FNO/c1-16-11(9-4-5-17-12(9)14)8-3-2-7(13)6-10(8)15/h2-6,11,16H,1H3. The maximum Gasteiger partial charge on any atom is 0.198 e. The van der Waals surface area contributed by atoms with E-state index in [1.54, 1.807) is 25.2 Å². The van der Waals surface area contributed by atoms with Gasteiger partial charge in [0.05, 0.1) is 12.3 Å². The zero-order valence-electron chi connectivity index (χ0n) is 9.01. The van der Waals surface area contributed by atoms with E-state index in [2.05, 4.69) is 5.32 Å². The third-order valence-corrected chi connectivity index (χ3v) is 3.06. The van der Waals surface area contributed by atoms with Gasteiger partial charge in [0.2, 0.25) is 0 Å². The van der Waals surface area contributed by atoms with Crippen molar-refractivity contribution in [1.29, 1.82) is 0 Å². The minimum atomic E-state index is -0.380. The van der Waals surface area contributed by atoms with Crippen LogP contribution in [0.4, 0.5) is 4.39 Å². The minimum absolute atomic E-state index is 0.249. The summed E-state index contributed by atoms with van der Waals surface area (Å²) in [6, 6.07) is 5.88. The largest absolute Gasteiger partial charge is 0.453 e. The Balaban J connectivity index is 2.46. The Labute approximate surface area is 108 Å². The summed E-state index contributed by atoms with van der Waals surface area (Å²) in [5.74, 6) is -0.380. The molecule has 0 aliphatic carbocycles. The van der Waals surface area contributed by atoms with Gasteiger partial charge in [-0.2, -0.15) is 0 Å². The molecule has 2 rings (SSSR count). The average Bonchev–Trinajstić information content (AvgIpc) is 2.69. The van der Waals surface area contributed by atoms with E-state index in [0.717, 1.165) is 0 Å². The van der Waals surface area contributed by atoms with E-state index in [-0.39, 0.29) is 17.1 Å². The normalized spacial score (nSPS) is 12.7. The fourth-order valence-electron chi connectivity index (χ4n) is 1.72. The van der Waals surface area contributed by atoms with Crippen LogP contribution in [0.3, 0.4) is 0 Å². The highest BCUT2D eigenvalue weighted by Gasteiger charge is 2.20. The zero-order chi connectivity index (χ0) is 12.4. The van der Waals surface area contributed by atoms with Gasteiger partial charge in [0.15, 0.2) is 5.22 Å². The van der Waals surface area contributed by atoms with Crippen LogP contribution < -0.4 is 5.32 Å². The van der Waals surface area contributed by atoms with Crippen LogP contribution in [0.1, 0.15) is 17.2 Å². The molecule has 1 N–H and O–H groups in total. The van der Waals surface area contributed by atoms with Crippen molar-refractivity contribution in [3.63, 3.8) is 0 Å². The predicted molar refractivity (Wildman–Crippen MR) is 66.0 cm³/mol. The van der Waals surface area contributed by atoms with Crippen LogP contribution in [0.5, 0.6) is 0 Å². The fraction of sp³-hybridized carbons (Fsp3) is 0.167. The van der Waals surface area contributed by atoms with Crippen molar-refractivity contribution in [3.05, 3.63) is 57.7 Å². The van der Waals surface area contributed by atoms with Crippen LogP contribution in [-0.2, 0) is 0 Å². The van der Waals surface area contributed by atoms with E-state index < -0.39 is 0 Å². The summed E-state index contributed by atoms with van der Waals surface area (Å²) in [4.78, 5) is 0. The molecule has 0 aliphatic rings. The zero-order valence-corrected chi connectivity index (χ0v) is 10.5. The van der Waals surface area contributed by atoms with Gasteiger partial charge in [-0.15, -0.1) is 0 Å².